The number of imide groups is 1. The molecule has 0 aromatic heterocycles. The zero-order chi connectivity index (χ0) is 36.1. The number of ether oxygens (including phenoxy) is 9. The van der Waals surface area contributed by atoms with Crippen molar-refractivity contribution >= 4 is 23.7 Å². The summed E-state index contributed by atoms with van der Waals surface area (Å²) in [6.45, 7) is 6.36. The van der Waals surface area contributed by atoms with E-state index in [0.29, 0.717) is 104 Å². The van der Waals surface area contributed by atoms with Crippen molar-refractivity contribution in [2.75, 3.05) is 119 Å². The molecule has 0 radical (unpaired) electrons. The normalized spacial score (nSPS) is 12.6. The molecule has 278 valence electrons. The summed E-state index contributed by atoms with van der Waals surface area (Å²) >= 11 is 0. The van der Waals surface area contributed by atoms with Crippen molar-refractivity contribution in [3.63, 3.8) is 0 Å². The van der Waals surface area contributed by atoms with Gasteiger partial charge in [0, 0.05) is 19.5 Å². The Bertz CT molecular complexity index is 1210. The van der Waals surface area contributed by atoms with Gasteiger partial charge in [-0.2, -0.15) is 5.26 Å². The molecule has 0 unspecified atom stereocenters. The van der Waals surface area contributed by atoms with Crippen LogP contribution < -0.4 is 10.1 Å². The molecule has 1 aromatic rings. The second-order valence-electron chi connectivity index (χ2n) is 10.2. The third-order valence-corrected chi connectivity index (χ3v) is 6.38. The topological polar surface area (TPSA) is 211 Å². The first kappa shape index (κ1) is 42.2. The molecule has 50 heavy (non-hydrogen) atoms. The Balaban J connectivity index is 1.28. The Labute approximate surface area is 291 Å². The van der Waals surface area contributed by atoms with Gasteiger partial charge in [0.2, 0.25) is 5.91 Å². The summed E-state index contributed by atoms with van der Waals surface area (Å²) in [7, 11) is 0. The largest absolute Gasteiger partial charge is 0.481 e. The molecule has 0 atom stereocenters. The van der Waals surface area contributed by atoms with Crippen LogP contribution in [0, 0.1) is 11.3 Å². The van der Waals surface area contributed by atoms with Crippen LogP contribution in [0.3, 0.4) is 0 Å². The van der Waals surface area contributed by atoms with Crippen molar-refractivity contribution in [2.45, 2.75) is 12.8 Å². The van der Waals surface area contributed by atoms with E-state index in [4.69, 9.17) is 53.0 Å². The highest BCUT2D eigenvalue weighted by Gasteiger charge is 2.33. The highest BCUT2D eigenvalue weighted by Crippen LogP contribution is 2.20. The van der Waals surface area contributed by atoms with E-state index in [9.17, 15) is 19.2 Å². The zero-order valence-electron chi connectivity index (χ0n) is 28.2. The van der Waals surface area contributed by atoms with Crippen LogP contribution in [0.5, 0.6) is 5.75 Å². The summed E-state index contributed by atoms with van der Waals surface area (Å²) in [6, 6.07) is 8.09. The SMILES string of the molecule is N#Cc1ccc(OC2=CC(=O)N(CCC(=O)NCCOCCOCCOCCOCCOCCOCCOCCOCCC(=O)O)C2=O)cc1. The average Bonchev–Trinajstić information content (AvgIpc) is 3.37. The molecular weight excluding hydrogens is 662 g/mol. The first-order valence-corrected chi connectivity index (χ1v) is 16.3. The van der Waals surface area contributed by atoms with Gasteiger partial charge in [-0.3, -0.25) is 24.1 Å². The number of carboxylic acids is 1. The fourth-order valence-corrected chi connectivity index (χ4v) is 3.86. The third-order valence-electron chi connectivity index (χ3n) is 6.38. The minimum absolute atomic E-state index is 0.0188. The number of hydrogen-bond acceptors (Lipinski definition) is 14. The minimum atomic E-state index is -0.889. The number of amides is 3. The first-order valence-electron chi connectivity index (χ1n) is 16.3. The Hall–Kier alpha value is -3.99. The quantitative estimate of drug-likeness (QED) is 0.0761. The van der Waals surface area contributed by atoms with E-state index in [1.165, 1.54) is 24.3 Å². The Morgan fingerprint density at radius 1 is 0.660 bits per heavy atom. The van der Waals surface area contributed by atoms with E-state index in [-0.39, 0.29) is 50.8 Å². The van der Waals surface area contributed by atoms with E-state index in [1.54, 1.807) is 0 Å². The van der Waals surface area contributed by atoms with Crippen molar-refractivity contribution in [3.8, 4) is 11.8 Å². The first-order chi connectivity index (χ1) is 24.4. The highest BCUT2D eigenvalue weighted by atomic mass is 16.6. The van der Waals surface area contributed by atoms with Gasteiger partial charge in [-0.05, 0) is 24.3 Å². The van der Waals surface area contributed by atoms with Gasteiger partial charge in [0.25, 0.3) is 11.8 Å². The van der Waals surface area contributed by atoms with Crippen LogP contribution in [-0.2, 0) is 57.1 Å². The lowest BCUT2D eigenvalue weighted by Gasteiger charge is -2.14. The van der Waals surface area contributed by atoms with Crippen LogP contribution in [0.2, 0.25) is 0 Å². The predicted molar refractivity (Wildman–Crippen MR) is 173 cm³/mol. The predicted octanol–water partition coefficient (Wildman–Crippen LogP) is 0.304. The number of carbonyl (C=O) groups is 4. The number of carboxylic acid groups (broad SMARTS) is 1. The lowest BCUT2D eigenvalue weighted by molar-refractivity contribution is -0.139. The molecule has 0 spiro atoms. The summed E-state index contributed by atoms with van der Waals surface area (Å²) in [5, 5.41) is 20.0. The Morgan fingerprint density at radius 2 is 1.10 bits per heavy atom. The summed E-state index contributed by atoms with van der Waals surface area (Å²) in [5.41, 5.74) is 0.434. The molecule has 17 nitrogen and oxygen atoms in total. The molecule has 1 aromatic carbocycles. The van der Waals surface area contributed by atoms with Crippen LogP contribution in [0.1, 0.15) is 18.4 Å². The number of hydrogen-bond donors (Lipinski definition) is 2. The van der Waals surface area contributed by atoms with Crippen molar-refractivity contribution in [2.24, 2.45) is 0 Å². The smallest absolute Gasteiger partial charge is 0.305 e. The molecule has 0 fully saturated rings. The number of nitrogens with one attached hydrogen (secondary N) is 1. The Kier molecular flexibility index (Phi) is 23.4. The van der Waals surface area contributed by atoms with Crippen molar-refractivity contribution in [3.05, 3.63) is 41.7 Å². The number of carbonyl (C=O) groups excluding carboxylic acids is 3. The molecule has 3 amide bonds. The van der Waals surface area contributed by atoms with Gasteiger partial charge >= 0.3 is 5.97 Å². The number of nitriles is 1. The van der Waals surface area contributed by atoms with Crippen molar-refractivity contribution < 1.29 is 66.9 Å². The second kappa shape index (κ2) is 27.8. The minimum Gasteiger partial charge on any atom is -0.481 e. The van der Waals surface area contributed by atoms with Gasteiger partial charge in [-0.25, -0.2) is 0 Å². The number of nitrogens with zero attached hydrogens (tertiary/aromatic N) is 2. The molecule has 0 saturated heterocycles. The van der Waals surface area contributed by atoms with Crippen LogP contribution in [0.4, 0.5) is 0 Å². The highest BCUT2D eigenvalue weighted by molar-refractivity contribution is 6.15. The van der Waals surface area contributed by atoms with Gasteiger partial charge < -0.3 is 53.1 Å². The van der Waals surface area contributed by atoms with Gasteiger partial charge in [0.1, 0.15) is 5.75 Å². The standard InChI is InChI=1S/C33H47N3O14/c34-26-27-1-3-28(4-2-27)50-29-25-31(38)36(33(29)41)8-5-30(37)35-7-10-43-12-14-45-16-18-47-20-22-49-24-23-48-21-19-46-17-15-44-13-11-42-9-6-32(39)40/h1-4,25H,5-24H2,(H,35,37)(H,39,40). The summed E-state index contributed by atoms with van der Waals surface area (Å²) in [6.07, 6.45) is 0.991. The van der Waals surface area contributed by atoms with Gasteiger partial charge in [-0.15, -0.1) is 0 Å². The third kappa shape index (κ3) is 20.5. The summed E-state index contributed by atoms with van der Waals surface area (Å²) in [4.78, 5) is 48.1. The van der Waals surface area contributed by atoms with Gasteiger partial charge in [-0.1, -0.05) is 0 Å². The van der Waals surface area contributed by atoms with Gasteiger partial charge in [0.15, 0.2) is 5.76 Å². The molecule has 0 aliphatic carbocycles. The van der Waals surface area contributed by atoms with E-state index in [0.717, 1.165) is 11.0 Å². The Morgan fingerprint density at radius 3 is 1.54 bits per heavy atom. The molecule has 1 aliphatic rings. The van der Waals surface area contributed by atoms with E-state index >= 15 is 0 Å². The molecule has 0 bridgehead atoms. The molecular formula is C33H47N3O14. The fourth-order valence-electron chi connectivity index (χ4n) is 3.86. The number of rotatable bonds is 32. The summed E-state index contributed by atoms with van der Waals surface area (Å²) < 4.78 is 48.4. The second-order valence-corrected chi connectivity index (χ2v) is 10.2. The van der Waals surface area contributed by atoms with E-state index < -0.39 is 17.8 Å². The zero-order valence-corrected chi connectivity index (χ0v) is 28.2. The van der Waals surface area contributed by atoms with Crippen LogP contribution in [0.15, 0.2) is 36.1 Å². The van der Waals surface area contributed by atoms with Crippen molar-refractivity contribution in [1.82, 2.24) is 10.2 Å². The van der Waals surface area contributed by atoms with Crippen LogP contribution >= 0.6 is 0 Å². The molecule has 1 aliphatic heterocycles. The van der Waals surface area contributed by atoms with E-state index in [2.05, 4.69) is 5.32 Å². The molecule has 0 saturated carbocycles. The maximum atomic E-state index is 12.5. The molecule has 1 heterocycles. The van der Waals surface area contributed by atoms with Crippen molar-refractivity contribution in [1.29, 1.82) is 5.26 Å². The monoisotopic (exact) mass is 709 g/mol. The molecule has 17 heteroatoms. The fraction of sp³-hybridized carbons (Fsp3) is 0.606. The molecule has 2 rings (SSSR count). The number of aliphatic carboxylic acids is 1. The van der Waals surface area contributed by atoms with Crippen LogP contribution in [-0.4, -0.2) is 152 Å². The maximum Gasteiger partial charge on any atom is 0.305 e. The van der Waals surface area contributed by atoms with Crippen LogP contribution in [0.25, 0.3) is 0 Å². The maximum absolute atomic E-state index is 12.5. The number of benzene rings is 1. The lowest BCUT2D eigenvalue weighted by Crippen LogP contribution is -2.36. The molecule has 2 N–H and O–H groups in total. The lowest BCUT2D eigenvalue weighted by atomic mass is 10.2. The summed E-state index contributed by atoms with van der Waals surface area (Å²) in [5.74, 6) is -2.25. The van der Waals surface area contributed by atoms with E-state index in [1.807, 2.05) is 6.07 Å². The van der Waals surface area contributed by atoms with Gasteiger partial charge in [0.05, 0.1) is 130 Å². The average molecular weight is 710 g/mol.